The lowest BCUT2D eigenvalue weighted by atomic mass is 10.00. The Hall–Kier alpha value is -0.130. The molecule has 1 N–H and O–H groups in total. The summed E-state index contributed by atoms with van der Waals surface area (Å²) in [5.41, 5.74) is 0. The fraction of sp³-hybridized carbons (Fsp3) is 1.00. The van der Waals surface area contributed by atoms with Crippen LogP contribution >= 0.6 is 0 Å². The van der Waals surface area contributed by atoms with E-state index in [0.29, 0.717) is 18.9 Å². The third-order valence-corrected chi connectivity index (χ3v) is 4.87. The number of piperidine rings is 1. The van der Waals surface area contributed by atoms with Crippen molar-refractivity contribution in [1.29, 1.82) is 0 Å². The van der Waals surface area contributed by atoms with Crippen molar-refractivity contribution in [2.45, 2.75) is 26.2 Å². The lowest BCUT2D eigenvalue weighted by Gasteiger charge is -2.27. The Bertz CT molecular complexity index is 271. The lowest BCUT2D eigenvalue weighted by molar-refractivity contribution is 0.314. The molecule has 1 aliphatic heterocycles. The smallest absolute Gasteiger partial charge is 0.213 e. The van der Waals surface area contributed by atoms with E-state index in [-0.39, 0.29) is 5.75 Å². The molecule has 90 valence electrons. The molecule has 5 heteroatoms. The van der Waals surface area contributed by atoms with Gasteiger partial charge in [0.25, 0.3) is 0 Å². The van der Waals surface area contributed by atoms with Crippen LogP contribution in [-0.4, -0.2) is 45.2 Å². The van der Waals surface area contributed by atoms with Gasteiger partial charge in [0.1, 0.15) is 0 Å². The molecule has 0 saturated carbocycles. The maximum Gasteiger partial charge on any atom is 0.213 e. The highest BCUT2D eigenvalue weighted by Gasteiger charge is 2.21. The zero-order valence-electron chi connectivity index (χ0n) is 9.70. The summed E-state index contributed by atoms with van der Waals surface area (Å²) in [4.78, 5) is 0. The van der Waals surface area contributed by atoms with E-state index < -0.39 is 10.0 Å². The molecule has 1 aliphatic rings. The third kappa shape index (κ3) is 4.09. The fourth-order valence-electron chi connectivity index (χ4n) is 1.97. The van der Waals surface area contributed by atoms with Gasteiger partial charge in [-0.1, -0.05) is 6.92 Å². The zero-order valence-corrected chi connectivity index (χ0v) is 10.5. The van der Waals surface area contributed by atoms with Crippen molar-refractivity contribution in [2.75, 3.05) is 32.4 Å². The minimum atomic E-state index is -3.00. The number of hydrogen-bond acceptors (Lipinski definition) is 3. The maximum absolute atomic E-state index is 11.7. The second kappa shape index (κ2) is 5.82. The third-order valence-electron chi connectivity index (χ3n) is 2.85. The molecule has 1 rings (SSSR count). The zero-order chi connectivity index (χ0) is 11.3. The van der Waals surface area contributed by atoms with Crippen LogP contribution < -0.4 is 5.32 Å². The molecule has 0 aliphatic carbocycles. The van der Waals surface area contributed by atoms with Crippen molar-refractivity contribution in [3.05, 3.63) is 0 Å². The molecule has 0 aromatic heterocycles. The van der Waals surface area contributed by atoms with Gasteiger partial charge in [0.15, 0.2) is 0 Å². The lowest BCUT2D eigenvalue weighted by Crippen LogP contribution is -2.39. The molecule has 1 heterocycles. The van der Waals surface area contributed by atoms with E-state index in [9.17, 15) is 8.42 Å². The molecule has 4 nitrogen and oxygen atoms in total. The summed E-state index contributed by atoms with van der Waals surface area (Å²) in [5.74, 6) is 0.749. The predicted octanol–water partition coefficient (Wildman–Crippen LogP) is 0.658. The fourth-order valence-corrected chi connectivity index (χ4v) is 3.24. The standard InChI is InChI=1S/C10H22N2O2S/c1-3-7-15(13,14)12(2)9-10-5-4-6-11-8-10/h10-11H,3-9H2,1-2H3. The molecule has 1 saturated heterocycles. The van der Waals surface area contributed by atoms with Crippen LogP contribution in [0.2, 0.25) is 0 Å². The van der Waals surface area contributed by atoms with Crippen molar-refractivity contribution in [3.8, 4) is 0 Å². The van der Waals surface area contributed by atoms with Gasteiger partial charge in [-0.15, -0.1) is 0 Å². The SMILES string of the molecule is CCCS(=O)(=O)N(C)CC1CCCNC1. The minimum Gasteiger partial charge on any atom is -0.316 e. The number of nitrogens with zero attached hydrogens (tertiary/aromatic N) is 1. The van der Waals surface area contributed by atoms with Crippen LogP contribution in [0.25, 0.3) is 0 Å². The topological polar surface area (TPSA) is 49.4 Å². The number of rotatable bonds is 5. The van der Waals surface area contributed by atoms with Crippen LogP contribution in [-0.2, 0) is 10.0 Å². The number of nitrogens with one attached hydrogen (secondary N) is 1. The van der Waals surface area contributed by atoms with Crippen molar-refractivity contribution in [1.82, 2.24) is 9.62 Å². The number of hydrogen-bond donors (Lipinski definition) is 1. The van der Waals surface area contributed by atoms with Crippen LogP contribution in [0.15, 0.2) is 0 Å². The molecule has 0 spiro atoms. The molecular weight excluding hydrogens is 212 g/mol. The van der Waals surface area contributed by atoms with Crippen LogP contribution in [0.1, 0.15) is 26.2 Å². The molecule has 1 unspecified atom stereocenters. The highest BCUT2D eigenvalue weighted by atomic mass is 32.2. The Kier molecular flexibility index (Phi) is 5.02. The van der Waals surface area contributed by atoms with Crippen molar-refractivity contribution < 1.29 is 8.42 Å². The average molecular weight is 234 g/mol. The Morgan fingerprint density at radius 2 is 2.20 bits per heavy atom. The van der Waals surface area contributed by atoms with E-state index in [2.05, 4.69) is 5.32 Å². The van der Waals surface area contributed by atoms with Gasteiger partial charge in [-0.05, 0) is 38.3 Å². The van der Waals surface area contributed by atoms with Crippen molar-refractivity contribution in [2.24, 2.45) is 5.92 Å². The molecule has 15 heavy (non-hydrogen) atoms. The van der Waals surface area contributed by atoms with Crippen molar-refractivity contribution >= 4 is 10.0 Å². The molecule has 0 aromatic carbocycles. The monoisotopic (exact) mass is 234 g/mol. The van der Waals surface area contributed by atoms with Gasteiger partial charge < -0.3 is 5.32 Å². The Balaban J connectivity index is 2.43. The minimum absolute atomic E-state index is 0.268. The highest BCUT2D eigenvalue weighted by molar-refractivity contribution is 7.89. The summed E-state index contributed by atoms with van der Waals surface area (Å²) in [7, 11) is -1.31. The van der Waals surface area contributed by atoms with E-state index in [4.69, 9.17) is 0 Å². The van der Waals surface area contributed by atoms with E-state index in [1.165, 1.54) is 4.31 Å². The summed E-state index contributed by atoms with van der Waals surface area (Å²) in [6.45, 7) is 4.58. The summed E-state index contributed by atoms with van der Waals surface area (Å²) in [5, 5.41) is 3.30. The molecule has 1 atom stereocenters. The van der Waals surface area contributed by atoms with E-state index in [0.717, 1.165) is 25.9 Å². The summed E-state index contributed by atoms with van der Waals surface area (Å²) >= 11 is 0. The first-order valence-corrected chi connectivity index (χ1v) is 7.32. The first kappa shape index (κ1) is 12.9. The van der Waals surface area contributed by atoms with Gasteiger partial charge in [0.2, 0.25) is 10.0 Å². The van der Waals surface area contributed by atoms with Gasteiger partial charge in [0.05, 0.1) is 5.75 Å². The molecular formula is C10H22N2O2S. The summed E-state index contributed by atoms with van der Waals surface area (Å²) in [6, 6.07) is 0. The maximum atomic E-state index is 11.7. The molecule has 0 aromatic rings. The largest absolute Gasteiger partial charge is 0.316 e. The van der Waals surface area contributed by atoms with Crippen LogP contribution in [0, 0.1) is 5.92 Å². The molecule has 0 amide bonds. The van der Waals surface area contributed by atoms with Crippen molar-refractivity contribution in [3.63, 3.8) is 0 Å². The number of sulfonamides is 1. The predicted molar refractivity (Wildman–Crippen MR) is 62.3 cm³/mol. The van der Waals surface area contributed by atoms with Crippen LogP contribution in [0.5, 0.6) is 0 Å². The highest BCUT2D eigenvalue weighted by Crippen LogP contribution is 2.13. The van der Waals surface area contributed by atoms with E-state index in [1.54, 1.807) is 7.05 Å². The molecule has 0 bridgehead atoms. The van der Waals surface area contributed by atoms with E-state index >= 15 is 0 Å². The van der Waals surface area contributed by atoms with Crippen LogP contribution in [0.4, 0.5) is 0 Å². The van der Waals surface area contributed by atoms with Gasteiger partial charge in [-0.3, -0.25) is 0 Å². The summed E-state index contributed by atoms with van der Waals surface area (Å²) in [6.07, 6.45) is 2.99. The summed E-state index contributed by atoms with van der Waals surface area (Å²) < 4.78 is 24.9. The Morgan fingerprint density at radius 3 is 2.73 bits per heavy atom. The quantitative estimate of drug-likeness (QED) is 0.760. The Morgan fingerprint density at radius 1 is 1.47 bits per heavy atom. The van der Waals surface area contributed by atoms with E-state index in [1.807, 2.05) is 6.92 Å². The average Bonchev–Trinajstić information content (AvgIpc) is 2.19. The molecule has 1 fully saturated rings. The Labute approximate surface area is 93.1 Å². The first-order valence-electron chi connectivity index (χ1n) is 5.71. The second-order valence-electron chi connectivity index (χ2n) is 4.31. The second-order valence-corrected chi connectivity index (χ2v) is 6.50. The van der Waals surface area contributed by atoms with Gasteiger partial charge in [-0.2, -0.15) is 0 Å². The van der Waals surface area contributed by atoms with Gasteiger partial charge >= 0.3 is 0 Å². The first-order chi connectivity index (χ1) is 7.06. The molecule has 0 radical (unpaired) electrons. The van der Waals surface area contributed by atoms with Crippen LogP contribution in [0.3, 0.4) is 0 Å². The van der Waals surface area contributed by atoms with Gasteiger partial charge in [-0.25, -0.2) is 12.7 Å². The van der Waals surface area contributed by atoms with Gasteiger partial charge in [0, 0.05) is 13.6 Å². The normalized spacial score (nSPS) is 23.3.